The van der Waals surface area contributed by atoms with Crippen LogP contribution in [0.3, 0.4) is 0 Å². The Morgan fingerprint density at radius 1 is 1.19 bits per heavy atom. The lowest BCUT2D eigenvalue weighted by Crippen LogP contribution is -2.37. The van der Waals surface area contributed by atoms with E-state index in [9.17, 15) is 14.3 Å². The second kappa shape index (κ2) is 14.0. The Morgan fingerprint density at radius 2 is 2.02 bits per heavy atom. The molecule has 222 valence electrons. The fraction of sp³-hybridized carbons (Fsp3) is 0.455. The number of carbonyl (C=O) groups is 1. The van der Waals surface area contributed by atoms with Gasteiger partial charge in [0.2, 0.25) is 0 Å². The molecular weight excluding hydrogens is 531 g/mol. The Bertz CT molecular complexity index is 1450. The third kappa shape index (κ3) is 7.57. The number of rotatable bonds is 7. The molecule has 9 heteroatoms. The van der Waals surface area contributed by atoms with Crippen molar-refractivity contribution in [2.75, 3.05) is 26.2 Å². The maximum absolute atomic E-state index is 14.8. The van der Waals surface area contributed by atoms with Crippen LogP contribution in [0.15, 0.2) is 55.0 Å². The zero-order valence-electron chi connectivity index (χ0n) is 24.5. The van der Waals surface area contributed by atoms with Gasteiger partial charge in [0.25, 0.3) is 5.91 Å². The molecule has 1 amide bonds. The maximum atomic E-state index is 14.8. The van der Waals surface area contributed by atoms with Crippen molar-refractivity contribution in [1.82, 2.24) is 30.4 Å². The molecule has 1 atom stereocenters. The van der Waals surface area contributed by atoms with Gasteiger partial charge in [-0.25, -0.2) is 9.37 Å². The SMILES string of the molecule is CC(C)C1CCc2nc3c(F)cc(C(=O)NCCCN4CCC(O)CC4)cc3cc2C1.c1ccc(-c2cn[nH]c2)nc1. The number of aromatic amines is 1. The number of aromatic nitrogens is 4. The number of halogens is 1. The molecule has 1 aliphatic heterocycles. The molecular formula is C33H41FN6O2. The van der Waals surface area contributed by atoms with Crippen LogP contribution in [0.25, 0.3) is 22.2 Å². The van der Waals surface area contributed by atoms with E-state index in [1.165, 1.54) is 11.6 Å². The highest BCUT2D eigenvalue weighted by atomic mass is 19.1. The van der Waals surface area contributed by atoms with E-state index in [4.69, 9.17) is 0 Å². The Morgan fingerprint density at radius 3 is 2.74 bits per heavy atom. The lowest BCUT2D eigenvalue weighted by Gasteiger charge is -2.29. The molecule has 1 unspecified atom stereocenters. The van der Waals surface area contributed by atoms with E-state index in [1.54, 1.807) is 18.5 Å². The molecule has 1 aromatic carbocycles. The monoisotopic (exact) mass is 572 g/mol. The number of H-pyrrole nitrogens is 1. The Balaban J connectivity index is 0.000000267. The van der Waals surface area contributed by atoms with E-state index in [2.05, 4.69) is 44.2 Å². The van der Waals surface area contributed by atoms with Gasteiger partial charge in [0.15, 0.2) is 0 Å². The van der Waals surface area contributed by atoms with Gasteiger partial charge in [-0.15, -0.1) is 0 Å². The molecule has 0 bridgehead atoms. The van der Waals surface area contributed by atoms with Crippen LogP contribution in [-0.4, -0.2) is 68.4 Å². The molecule has 0 spiro atoms. The van der Waals surface area contributed by atoms with Gasteiger partial charge in [0, 0.05) is 54.2 Å². The molecule has 4 aromatic rings. The molecule has 6 rings (SSSR count). The van der Waals surface area contributed by atoms with Gasteiger partial charge in [-0.05, 0) is 92.8 Å². The van der Waals surface area contributed by atoms with Crippen molar-refractivity contribution in [2.45, 2.75) is 58.5 Å². The zero-order valence-corrected chi connectivity index (χ0v) is 24.5. The predicted molar refractivity (Wildman–Crippen MR) is 163 cm³/mol. The summed E-state index contributed by atoms with van der Waals surface area (Å²) < 4.78 is 14.8. The molecule has 4 heterocycles. The van der Waals surface area contributed by atoms with Gasteiger partial charge in [-0.3, -0.25) is 14.9 Å². The normalized spacial score (nSPS) is 17.5. The largest absolute Gasteiger partial charge is 0.393 e. The third-order valence-electron chi connectivity index (χ3n) is 8.43. The number of nitrogens with one attached hydrogen (secondary N) is 2. The van der Waals surface area contributed by atoms with Crippen molar-refractivity contribution in [3.8, 4) is 11.3 Å². The molecule has 3 N–H and O–H groups in total. The number of aliphatic hydroxyl groups is 1. The number of amides is 1. The number of aliphatic hydroxyl groups excluding tert-OH is 1. The summed E-state index contributed by atoms with van der Waals surface area (Å²) >= 11 is 0. The van der Waals surface area contributed by atoms with Gasteiger partial charge < -0.3 is 15.3 Å². The van der Waals surface area contributed by atoms with E-state index in [-0.39, 0.29) is 12.0 Å². The topological polar surface area (TPSA) is 107 Å². The second-order valence-corrected chi connectivity index (χ2v) is 11.8. The number of piperidine rings is 1. The van der Waals surface area contributed by atoms with Crippen molar-refractivity contribution >= 4 is 16.8 Å². The molecule has 42 heavy (non-hydrogen) atoms. The lowest BCUT2D eigenvalue weighted by atomic mass is 9.80. The highest BCUT2D eigenvalue weighted by molar-refractivity contribution is 5.98. The number of nitrogens with zero attached hydrogens (tertiary/aromatic N) is 4. The minimum absolute atomic E-state index is 0.171. The molecule has 0 saturated carbocycles. The summed E-state index contributed by atoms with van der Waals surface area (Å²) in [5.74, 6) is 0.579. The first-order valence-electron chi connectivity index (χ1n) is 15.1. The highest BCUT2D eigenvalue weighted by Crippen LogP contribution is 2.32. The average Bonchev–Trinajstić information content (AvgIpc) is 3.55. The van der Waals surface area contributed by atoms with Crippen molar-refractivity contribution < 1.29 is 14.3 Å². The van der Waals surface area contributed by atoms with Gasteiger partial charge in [0.1, 0.15) is 11.3 Å². The van der Waals surface area contributed by atoms with Crippen molar-refractivity contribution in [1.29, 1.82) is 0 Å². The Hall–Kier alpha value is -3.69. The number of hydrogen-bond donors (Lipinski definition) is 3. The summed E-state index contributed by atoms with van der Waals surface area (Å²) in [7, 11) is 0. The van der Waals surface area contributed by atoms with E-state index in [0.29, 0.717) is 34.8 Å². The molecule has 3 aromatic heterocycles. The van der Waals surface area contributed by atoms with Crippen molar-refractivity contribution in [3.63, 3.8) is 0 Å². The molecule has 1 aliphatic carbocycles. The number of pyridine rings is 2. The van der Waals surface area contributed by atoms with Crippen LogP contribution in [0, 0.1) is 17.7 Å². The standard InChI is InChI=1S/C25H34FN3O2.C8H7N3/c1-16(2)17-4-5-23-18(12-17)13-19-14-20(15-22(26)24(19)28-23)25(31)27-8-3-9-29-10-6-21(30)7-11-29;1-2-4-9-8(3-1)7-5-10-11-6-7/h13-17,21,30H,3-12H2,1-2H3,(H,27,31);1-6H,(H,10,11). The van der Waals surface area contributed by atoms with Crippen LogP contribution in [-0.2, 0) is 12.8 Å². The summed E-state index contributed by atoms with van der Waals surface area (Å²) in [6, 6.07) is 10.9. The lowest BCUT2D eigenvalue weighted by molar-refractivity contribution is 0.0816. The minimum Gasteiger partial charge on any atom is -0.393 e. The van der Waals surface area contributed by atoms with Crippen LogP contribution in [0.4, 0.5) is 4.39 Å². The van der Waals surface area contributed by atoms with Crippen molar-refractivity contribution in [3.05, 3.63) is 77.6 Å². The fourth-order valence-corrected chi connectivity index (χ4v) is 5.80. The van der Waals surface area contributed by atoms with E-state index in [1.807, 2.05) is 30.5 Å². The summed E-state index contributed by atoms with van der Waals surface area (Å²) in [4.78, 5) is 23.7. The van der Waals surface area contributed by atoms with Crippen LogP contribution in [0.1, 0.15) is 61.1 Å². The third-order valence-corrected chi connectivity index (χ3v) is 8.43. The van der Waals surface area contributed by atoms with Crippen LogP contribution < -0.4 is 5.32 Å². The molecule has 1 fully saturated rings. The number of likely N-dealkylation sites (tertiary alicyclic amines) is 1. The highest BCUT2D eigenvalue weighted by Gasteiger charge is 2.24. The number of fused-ring (bicyclic) bond motifs is 2. The molecule has 8 nitrogen and oxygen atoms in total. The first-order valence-corrected chi connectivity index (χ1v) is 15.1. The number of hydrogen-bond acceptors (Lipinski definition) is 6. The fourth-order valence-electron chi connectivity index (χ4n) is 5.80. The quantitative estimate of drug-likeness (QED) is 0.264. The molecule has 0 radical (unpaired) electrons. The maximum Gasteiger partial charge on any atom is 0.251 e. The van der Waals surface area contributed by atoms with Crippen LogP contribution in [0.5, 0.6) is 0 Å². The number of carbonyl (C=O) groups excluding carboxylic acids is 1. The van der Waals surface area contributed by atoms with Gasteiger partial charge in [0.05, 0.1) is 18.0 Å². The smallest absolute Gasteiger partial charge is 0.251 e. The molecule has 1 saturated heterocycles. The average molecular weight is 573 g/mol. The summed E-state index contributed by atoms with van der Waals surface area (Å²) in [6.07, 6.45) is 10.6. The Labute approximate surface area is 246 Å². The summed E-state index contributed by atoms with van der Waals surface area (Å²) in [5.41, 5.74) is 4.88. The van der Waals surface area contributed by atoms with Crippen molar-refractivity contribution in [2.24, 2.45) is 11.8 Å². The first-order chi connectivity index (χ1) is 20.4. The predicted octanol–water partition coefficient (Wildman–Crippen LogP) is 5.18. The van der Waals surface area contributed by atoms with Crippen LogP contribution in [0.2, 0.25) is 0 Å². The Kier molecular flexibility index (Phi) is 9.92. The summed E-state index contributed by atoms with van der Waals surface area (Å²) in [5, 5.41) is 19.8. The van der Waals surface area contributed by atoms with E-state index in [0.717, 1.165) is 75.1 Å². The minimum atomic E-state index is -0.427. The van der Waals surface area contributed by atoms with E-state index >= 15 is 0 Å². The second-order valence-electron chi connectivity index (χ2n) is 11.8. The number of benzene rings is 1. The van der Waals surface area contributed by atoms with Gasteiger partial charge in [-0.2, -0.15) is 5.10 Å². The number of aryl methyl sites for hydroxylation is 1. The van der Waals surface area contributed by atoms with Gasteiger partial charge in [-0.1, -0.05) is 19.9 Å². The zero-order chi connectivity index (χ0) is 29.5. The first kappa shape index (κ1) is 29.8. The van der Waals surface area contributed by atoms with E-state index < -0.39 is 5.82 Å². The van der Waals surface area contributed by atoms with Gasteiger partial charge >= 0.3 is 0 Å². The summed E-state index contributed by atoms with van der Waals surface area (Å²) in [6.45, 7) is 7.75. The molecule has 2 aliphatic rings. The van der Waals surface area contributed by atoms with Crippen LogP contribution >= 0.6 is 0 Å².